The second-order valence-electron chi connectivity index (χ2n) is 8.97. The standard InChI is InChI=1S/C25H30F3N3O/c1-18(32)30-15-11-23(12-16-30)31-13-9-20(10-14-31)24-4-2-3-22(29-24)17-19-5-7-21(8-6-19)25(26,27)28/h2-8,20,23H,9-17H2,1H3. The Hall–Kier alpha value is -2.41. The molecule has 2 aromatic rings. The Bertz CT molecular complexity index is 913. The van der Waals surface area contributed by atoms with E-state index in [-0.39, 0.29) is 5.91 Å². The number of halogens is 3. The van der Waals surface area contributed by atoms with Crippen molar-refractivity contribution in [3.05, 3.63) is 65.0 Å². The van der Waals surface area contributed by atoms with E-state index >= 15 is 0 Å². The van der Waals surface area contributed by atoms with Crippen LogP contribution in [0.3, 0.4) is 0 Å². The molecule has 0 atom stereocenters. The molecule has 1 amide bonds. The van der Waals surface area contributed by atoms with Gasteiger partial charge in [0, 0.05) is 49.8 Å². The summed E-state index contributed by atoms with van der Waals surface area (Å²) >= 11 is 0. The third-order valence-corrected chi connectivity index (χ3v) is 6.87. The van der Waals surface area contributed by atoms with Gasteiger partial charge in [0.25, 0.3) is 0 Å². The number of benzene rings is 1. The van der Waals surface area contributed by atoms with Crippen molar-refractivity contribution in [2.75, 3.05) is 26.2 Å². The molecule has 0 radical (unpaired) electrons. The SMILES string of the molecule is CC(=O)N1CCC(N2CCC(c3cccc(Cc4ccc(C(F)(F)F)cc4)n3)CC2)CC1. The summed E-state index contributed by atoms with van der Waals surface area (Å²) in [6, 6.07) is 11.9. The van der Waals surface area contributed by atoms with Gasteiger partial charge < -0.3 is 9.80 Å². The summed E-state index contributed by atoms with van der Waals surface area (Å²) in [7, 11) is 0. The van der Waals surface area contributed by atoms with E-state index < -0.39 is 11.7 Å². The molecule has 0 aliphatic carbocycles. The predicted octanol–water partition coefficient (Wildman–Crippen LogP) is 4.88. The fourth-order valence-corrected chi connectivity index (χ4v) is 4.95. The highest BCUT2D eigenvalue weighted by molar-refractivity contribution is 5.73. The molecule has 7 heteroatoms. The highest BCUT2D eigenvalue weighted by Crippen LogP contribution is 2.31. The quantitative estimate of drug-likeness (QED) is 0.673. The van der Waals surface area contributed by atoms with E-state index in [1.54, 1.807) is 6.92 Å². The molecule has 2 fully saturated rings. The Kier molecular flexibility index (Phi) is 6.84. The number of amides is 1. The van der Waals surface area contributed by atoms with Gasteiger partial charge in [0.15, 0.2) is 0 Å². The van der Waals surface area contributed by atoms with E-state index in [2.05, 4.69) is 11.0 Å². The van der Waals surface area contributed by atoms with E-state index in [9.17, 15) is 18.0 Å². The van der Waals surface area contributed by atoms with Gasteiger partial charge in [0.1, 0.15) is 0 Å². The fraction of sp³-hybridized carbons (Fsp3) is 0.520. The molecule has 4 rings (SSSR count). The number of hydrogen-bond donors (Lipinski definition) is 0. The zero-order valence-electron chi connectivity index (χ0n) is 18.4. The summed E-state index contributed by atoms with van der Waals surface area (Å²) in [5.74, 6) is 0.584. The summed E-state index contributed by atoms with van der Waals surface area (Å²) in [5.41, 5.74) is 2.18. The van der Waals surface area contributed by atoms with Crippen molar-refractivity contribution in [3.8, 4) is 0 Å². The number of pyridine rings is 1. The van der Waals surface area contributed by atoms with Gasteiger partial charge in [-0.1, -0.05) is 18.2 Å². The number of carbonyl (C=O) groups is 1. The summed E-state index contributed by atoms with van der Waals surface area (Å²) in [6.45, 7) is 5.44. The zero-order valence-corrected chi connectivity index (χ0v) is 18.4. The fourth-order valence-electron chi connectivity index (χ4n) is 4.95. The molecule has 4 nitrogen and oxygen atoms in total. The number of hydrogen-bond acceptors (Lipinski definition) is 3. The van der Waals surface area contributed by atoms with Gasteiger partial charge in [-0.2, -0.15) is 13.2 Å². The highest BCUT2D eigenvalue weighted by Gasteiger charge is 2.31. The van der Waals surface area contributed by atoms with Crippen LogP contribution in [0, 0.1) is 0 Å². The number of aromatic nitrogens is 1. The lowest BCUT2D eigenvalue weighted by molar-refractivity contribution is -0.137. The Morgan fingerprint density at radius 3 is 2.22 bits per heavy atom. The molecule has 2 aliphatic heterocycles. The molecule has 0 bridgehead atoms. The van der Waals surface area contributed by atoms with Crippen molar-refractivity contribution in [2.24, 2.45) is 0 Å². The third-order valence-electron chi connectivity index (χ3n) is 6.87. The van der Waals surface area contributed by atoms with E-state index in [4.69, 9.17) is 4.98 Å². The lowest BCUT2D eigenvalue weighted by atomic mass is 9.90. The van der Waals surface area contributed by atoms with E-state index in [0.29, 0.717) is 18.4 Å². The van der Waals surface area contributed by atoms with Crippen LogP contribution in [0.1, 0.15) is 61.0 Å². The third kappa shape index (κ3) is 5.49. The Labute approximate surface area is 187 Å². The van der Waals surface area contributed by atoms with Gasteiger partial charge in [-0.3, -0.25) is 9.78 Å². The number of rotatable bonds is 4. The number of likely N-dealkylation sites (tertiary alicyclic amines) is 2. The molecule has 3 heterocycles. The molecular formula is C25H30F3N3O. The van der Waals surface area contributed by atoms with Crippen molar-refractivity contribution < 1.29 is 18.0 Å². The van der Waals surface area contributed by atoms with Crippen molar-refractivity contribution in [3.63, 3.8) is 0 Å². The lowest BCUT2D eigenvalue weighted by Gasteiger charge is -2.41. The van der Waals surface area contributed by atoms with Gasteiger partial charge in [-0.15, -0.1) is 0 Å². The molecule has 172 valence electrons. The average Bonchev–Trinajstić information content (AvgIpc) is 2.79. The van der Waals surface area contributed by atoms with Gasteiger partial charge in [0.05, 0.1) is 5.56 Å². The van der Waals surface area contributed by atoms with Gasteiger partial charge in [0.2, 0.25) is 5.91 Å². The average molecular weight is 446 g/mol. The van der Waals surface area contributed by atoms with Crippen LogP contribution >= 0.6 is 0 Å². The van der Waals surface area contributed by atoms with Crippen molar-refractivity contribution in [1.82, 2.24) is 14.8 Å². The molecule has 2 aliphatic rings. The molecule has 0 N–H and O–H groups in total. The molecule has 1 aromatic heterocycles. The van der Waals surface area contributed by atoms with Crippen LogP contribution in [-0.2, 0) is 17.4 Å². The maximum Gasteiger partial charge on any atom is 0.416 e. The minimum atomic E-state index is -4.31. The Morgan fingerprint density at radius 2 is 1.62 bits per heavy atom. The molecule has 1 aromatic carbocycles. The molecule has 0 spiro atoms. The van der Waals surface area contributed by atoms with Crippen LogP contribution in [-0.4, -0.2) is 52.9 Å². The normalized spacial score (nSPS) is 19.3. The van der Waals surface area contributed by atoms with E-state index in [1.165, 1.54) is 12.1 Å². The van der Waals surface area contributed by atoms with Crippen molar-refractivity contribution >= 4 is 5.91 Å². The maximum atomic E-state index is 12.8. The predicted molar refractivity (Wildman–Crippen MR) is 117 cm³/mol. The minimum Gasteiger partial charge on any atom is -0.343 e. The Balaban J connectivity index is 1.32. The van der Waals surface area contributed by atoms with Crippen molar-refractivity contribution in [2.45, 2.75) is 57.2 Å². The van der Waals surface area contributed by atoms with Crippen LogP contribution in [0.4, 0.5) is 13.2 Å². The minimum absolute atomic E-state index is 0.171. The zero-order chi connectivity index (χ0) is 22.7. The van der Waals surface area contributed by atoms with Crippen LogP contribution in [0.2, 0.25) is 0 Å². The molecule has 2 saturated heterocycles. The lowest BCUT2D eigenvalue weighted by Crippen LogP contribution is -2.48. The first-order chi connectivity index (χ1) is 15.3. The molecular weight excluding hydrogens is 415 g/mol. The van der Waals surface area contributed by atoms with Gasteiger partial charge >= 0.3 is 6.18 Å². The number of carbonyl (C=O) groups excluding carboxylic acids is 1. The van der Waals surface area contributed by atoms with Gasteiger partial charge in [-0.05, 0) is 68.6 Å². The van der Waals surface area contributed by atoms with Crippen LogP contribution in [0.25, 0.3) is 0 Å². The van der Waals surface area contributed by atoms with Crippen LogP contribution in [0.15, 0.2) is 42.5 Å². The smallest absolute Gasteiger partial charge is 0.343 e. The van der Waals surface area contributed by atoms with Crippen LogP contribution < -0.4 is 0 Å². The van der Waals surface area contributed by atoms with Crippen LogP contribution in [0.5, 0.6) is 0 Å². The molecule has 32 heavy (non-hydrogen) atoms. The second-order valence-corrected chi connectivity index (χ2v) is 8.97. The summed E-state index contributed by atoms with van der Waals surface area (Å²) in [5, 5.41) is 0. The first-order valence-corrected chi connectivity index (χ1v) is 11.4. The highest BCUT2D eigenvalue weighted by atomic mass is 19.4. The Morgan fingerprint density at radius 1 is 0.969 bits per heavy atom. The monoisotopic (exact) mass is 445 g/mol. The summed E-state index contributed by atoms with van der Waals surface area (Å²) in [6.07, 6.45) is 0.430. The number of nitrogens with zero attached hydrogens (tertiary/aromatic N) is 3. The number of piperidine rings is 2. The first kappa shape index (κ1) is 22.8. The molecule has 0 unspecified atom stereocenters. The largest absolute Gasteiger partial charge is 0.416 e. The van der Waals surface area contributed by atoms with E-state index in [1.807, 2.05) is 17.0 Å². The van der Waals surface area contributed by atoms with Gasteiger partial charge in [-0.25, -0.2) is 0 Å². The van der Waals surface area contributed by atoms with Crippen molar-refractivity contribution in [1.29, 1.82) is 0 Å². The second kappa shape index (κ2) is 9.61. The summed E-state index contributed by atoms with van der Waals surface area (Å²) in [4.78, 5) is 20.9. The van der Waals surface area contributed by atoms with E-state index in [0.717, 1.165) is 80.9 Å². The molecule has 0 saturated carbocycles. The topological polar surface area (TPSA) is 36.4 Å². The first-order valence-electron chi connectivity index (χ1n) is 11.4. The number of alkyl halides is 3. The summed E-state index contributed by atoms with van der Waals surface area (Å²) < 4.78 is 38.3. The maximum absolute atomic E-state index is 12.8.